The van der Waals surface area contributed by atoms with Gasteiger partial charge in [-0.1, -0.05) is 52.4 Å². The van der Waals surface area contributed by atoms with Crippen molar-refractivity contribution in [2.75, 3.05) is 0 Å². The van der Waals surface area contributed by atoms with Crippen LogP contribution < -0.4 is 0 Å². The van der Waals surface area contributed by atoms with Gasteiger partial charge in [-0.25, -0.2) is 0 Å². The van der Waals surface area contributed by atoms with E-state index in [1.54, 1.807) is 0 Å². The molecular weight excluding hydrogens is 168 g/mol. The molecule has 2 rings (SSSR count). The molecule has 2 aliphatic carbocycles. The first-order chi connectivity index (χ1) is 6.66. The van der Waals surface area contributed by atoms with Crippen molar-refractivity contribution in [1.29, 1.82) is 0 Å². The van der Waals surface area contributed by atoms with Crippen molar-refractivity contribution < 1.29 is 0 Å². The maximum absolute atomic E-state index is 2.59. The Labute approximate surface area is 89.5 Å². The van der Waals surface area contributed by atoms with Gasteiger partial charge in [-0.3, -0.25) is 0 Å². The van der Waals surface area contributed by atoms with Crippen LogP contribution in [0.15, 0.2) is 0 Å². The fourth-order valence-electron chi connectivity index (χ4n) is 3.87. The normalized spacial score (nSPS) is 31.3. The maximum atomic E-state index is 2.59. The standard InChI is InChI=1S/C14H26/c1-13(9-5-3-4-6-10-13)14(2)11-7-8-12-14/h3-12H2,1-2H3. The van der Waals surface area contributed by atoms with Crippen LogP contribution in [0.5, 0.6) is 0 Å². The molecule has 0 N–H and O–H groups in total. The van der Waals surface area contributed by atoms with Gasteiger partial charge in [0.2, 0.25) is 0 Å². The summed E-state index contributed by atoms with van der Waals surface area (Å²) in [5.74, 6) is 0. The molecule has 2 aliphatic rings. The molecule has 14 heavy (non-hydrogen) atoms. The van der Waals surface area contributed by atoms with E-state index in [0.29, 0.717) is 10.8 Å². The minimum Gasteiger partial charge on any atom is -0.0591 e. The summed E-state index contributed by atoms with van der Waals surface area (Å²) in [5, 5.41) is 0. The lowest BCUT2D eigenvalue weighted by Crippen LogP contribution is -2.35. The third-order valence-corrected chi connectivity index (χ3v) is 5.37. The summed E-state index contributed by atoms with van der Waals surface area (Å²) in [7, 11) is 0. The van der Waals surface area contributed by atoms with E-state index in [1.807, 2.05) is 0 Å². The minimum atomic E-state index is 0.681. The van der Waals surface area contributed by atoms with E-state index < -0.39 is 0 Å². The Hall–Kier alpha value is 0. The topological polar surface area (TPSA) is 0 Å². The third kappa shape index (κ3) is 1.73. The van der Waals surface area contributed by atoms with Gasteiger partial charge >= 0.3 is 0 Å². The van der Waals surface area contributed by atoms with E-state index in [4.69, 9.17) is 0 Å². The lowest BCUT2D eigenvalue weighted by Gasteiger charge is -2.44. The van der Waals surface area contributed by atoms with Gasteiger partial charge in [-0.15, -0.1) is 0 Å². The van der Waals surface area contributed by atoms with Gasteiger partial charge in [0.25, 0.3) is 0 Å². The molecule has 0 radical (unpaired) electrons. The predicted octanol–water partition coefficient (Wildman–Crippen LogP) is 4.93. The van der Waals surface area contributed by atoms with E-state index in [-0.39, 0.29) is 0 Å². The Morgan fingerprint density at radius 1 is 0.500 bits per heavy atom. The van der Waals surface area contributed by atoms with Crippen molar-refractivity contribution in [2.24, 2.45) is 10.8 Å². The Bertz CT molecular complexity index is 178. The molecule has 0 atom stereocenters. The van der Waals surface area contributed by atoms with Crippen molar-refractivity contribution >= 4 is 0 Å². The molecule has 2 saturated carbocycles. The van der Waals surface area contributed by atoms with E-state index in [0.717, 1.165) is 0 Å². The van der Waals surface area contributed by atoms with Crippen LogP contribution in [-0.4, -0.2) is 0 Å². The Morgan fingerprint density at radius 3 is 1.14 bits per heavy atom. The first-order valence-corrected chi connectivity index (χ1v) is 6.66. The van der Waals surface area contributed by atoms with Crippen LogP contribution in [0, 0.1) is 10.8 Å². The molecule has 0 aromatic heterocycles. The summed E-state index contributed by atoms with van der Waals surface area (Å²) in [5.41, 5.74) is 1.37. The highest BCUT2D eigenvalue weighted by atomic mass is 14.5. The van der Waals surface area contributed by atoms with Crippen LogP contribution in [0.3, 0.4) is 0 Å². The zero-order valence-electron chi connectivity index (χ0n) is 10.1. The summed E-state index contributed by atoms with van der Waals surface area (Å²) in [6, 6.07) is 0. The minimum absolute atomic E-state index is 0.681. The van der Waals surface area contributed by atoms with Gasteiger partial charge in [0.15, 0.2) is 0 Å². The van der Waals surface area contributed by atoms with Crippen LogP contribution in [0.25, 0.3) is 0 Å². The molecule has 0 heterocycles. The highest BCUT2D eigenvalue weighted by Crippen LogP contribution is 2.56. The highest BCUT2D eigenvalue weighted by Gasteiger charge is 2.45. The van der Waals surface area contributed by atoms with E-state index in [9.17, 15) is 0 Å². The first-order valence-electron chi connectivity index (χ1n) is 6.66. The van der Waals surface area contributed by atoms with Crippen molar-refractivity contribution in [3.63, 3.8) is 0 Å². The van der Waals surface area contributed by atoms with Gasteiger partial charge in [0.1, 0.15) is 0 Å². The van der Waals surface area contributed by atoms with E-state index in [2.05, 4.69) is 13.8 Å². The quantitative estimate of drug-likeness (QED) is 0.519. The van der Waals surface area contributed by atoms with E-state index >= 15 is 0 Å². The number of hydrogen-bond donors (Lipinski definition) is 0. The molecule has 0 aliphatic heterocycles. The van der Waals surface area contributed by atoms with Crippen molar-refractivity contribution in [3.05, 3.63) is 0 Å². The second kappa shape index (κ2) is 3.87. The molecule has 0 unspecified atom stereocenters. The van der Waals surface area contributed by atoms with Gasteiger partial charge in [0, 0.05) is 0 Å². The third-order valence-electron chi connectivity index (χ3n) is 5.37. The second-order valence-electron chi connectivity index (χ2n) is 6.24. The van der Waals surface area contributed by atoms with Crippen LogP contribution >= 0.6 is 0 Å². The average Bonchev–Trinajstić information content (AvgIpc) is 2.48. The van der Waals surface area contributed by atoms with Crippen molar-refractivity contribution in [2.45, 2.75) is 78.1 Å². The van der Waals surface area contributed by atoms with Crippen molar-refractivity contribution in [1.82, 2.24) is 0 Å². The second-order valence-corrected chi connectivity index (χ2v) is 6.24. The maximum Gasteiger partial charge on any atom is -0.0272 e. The fraction of sp³-hybridized carbons (Fsp3) is 1.00. The molecular formula is C14H26. The van der Waals surface area contributed by atoms with Crippen LogP contribution in [0.4, 0.5) is 0 Å². The highest BCUT2D eigenvalue weighted by molar-refractivity contribution is 4.96. The fourth-order valence-corrected chi connectivity index (χ4v) is 3.87. The predicted molar refractivity (Wildman–Crippen MR) is 62.4 cm³/mol. The molecule has 0 aromatic carbocycles. The molecule has 0 spiro atoms. The monoisotopic (exact) mass is 194 g/mol. The van der Waals surface area contributed by atoms with E-state index in [1.165, 1.54) is 64.2 Å². The van der Waals surface area contributed by atoms with Gasteiger partial charge in [0.05, 0.1) is 0 Å². The average molecular weight is 194 g/mol. The van der Waals surface area contributed by atoms with Gasteiger partial charge in [-0.05, 0) is 36.5 Å². The molecule has 0 saturated heterocycles. The van der Waals surface area contributed by atoms with Gasteiger partial charge < -0.3 is 0 Å². The lowest BCUT2D eigenvalue weighted by molar-refractivity contribution is 0.0572. The summed E-state index contributed by atoms with van der Waals surface area (Å²) >= 11 is 0. The zero-order chi connectivity index (χ0) is 10.1. The number of hydrogen-bond acceptors (Lipinski definition) is 0. The van der Waals surface area contributed by atoms with Crippen LogP contribution in [0.2, 0.25) is 0 Å². The Kier molecular flexibility index (Phi) is 2.91. The molecule has 0 aromatic rings. The van der Waals surface area contributed by atoms with Crippen molar-refractivity contribution in [3.8, 4) is 0 Å². The molecule has 0 amide bonds. The molecule has 82 valence electrons. The Balaban J connectivity index is 2.11. The van der Waals surface area contributed by atoms with Crippen LogP contribution in [0.1, 0.15) is 78.1 Å². The SMILES string of the molecule is CC1(C2(C)CCCC2)CCCCCC1. The summed E-state index contributed by atoms with van der Waals surface area (Å²) in [6.45, 7) is 5.16. The lowest BCUT2D eigenvalue weighted by atomic mass is 9.61. The largest absolute Gasteiger partial charge is 0.0591 e. The zero-order valence-corrected chi connectivity index (χ0v) is 10.1. The summed E-state index contributed by atoms with van der Waals surface area (Å²) in [6.07, 6.45) is 15.0. The first kappa shape index (κ1) is 10.5. The smallest absolute Gasteiger partial charge is 0.0272 e. The Morgan fingerprint density at radius 2 is 0.786 bits per heavy atom. The molecule has 0 bridgehead atoms. The van der Waals surface area contributed by atoms with Crippen LogP contribution in [-0.2, 0) is 0 Å². The molecule has 0 heteroatoms. The molecule has 2 fully saturated rings. The number of rotatable bonds is 1. The van der Waals surface area contributed by atoms with Gasteiger partial charge in [-0.2, -0.15) is 0 Å². The summed E-state index contributed by atoms with van der Waals surface area (Å²) < 4.78 is 0. The molecule has 0 nitrogen and oxygen atoms in total. The summed E-state index contributed by atoms with van der Waals surface area (Å²) in [4.78, 5) is 0.